The van der Waals surface area contributed by atoms with E-state index >= 15 is 0 Å². The summed E-state index contributed by atoms with van der Waals surface area (Å²) in [7, 11) is 6.94. The molecule has 21 heavy (non-hydrogen) atoms. The number of piperidine rings is 1. The highest BCUT2D eigenvalue weighted by molar-refractivity contribution is 7.15. The van der Waals surface area contributed by atoms with E-state index in [-0.39, 0.29) is 17.9 Å². The zero-order chi connectivity index (χ0) is 15.6. The van der Waals surface area contributed by atoms with Gasteiger partial charge in [0.1, 0.15) is 0 Å². The second-order valence-corrected chi connectivity index (χ2v) is 6.15. The minimum absolute atomic E-state index is 0.122. The van der Waals surface area contributed by atoms with Crippen molar-refractivity contribution >= 4 is 28.3 Å². The van der Waals surface area contributed by atoms with Crippen molar-refractivity contribution in [1.82, 2.24) is 15.2 Å². The highest BCUT2D eigenvalue weighted by Gasteiger charge is 2.31. The topological polar surface area (TPSA) is 74.8 Å². The molecule has 2 amide bonds. The molecule has 1 aromatic heterocycles. The number of likely N-dealkylation sites (tertiary alicyclic amines) is 1. The predicted octanol–water partition coefficient (Wildman–Crippen LogP) is 0.455. The molecule has 116 valence electrons. The minimum atomic E-state index is -0.331. The SMILES string of the molecule is COc1nc(N(C)C)sc1CNC1CCC(=O)N(C)C1=O. The van der Waals surface area contributed by atoms with Gasteiger partial charge in [-0.05, 0) is 6.42 Å². The number of hydrogen-bond donors (Lipinski definition) is 1. The maximum absolute atomic E-state index is 12.0. The second-order valence-electron chi connectivity index (χ2n) is 5.09. The number of likely N-dealkylation sites (N-methyl/N-ethyl adjacent to an activating group) is 1. The molecule has 1 fully saturated rings. The van der Waals surface area contributed by atoms with E-state index in [2.05, 4.69) is 10.3 Å². The zero-order valence-corrected chi connectivity index (χ0v) is 13.5. The molecule has 7 nitrogen and oxygen atoms in total. The van der Waals surface area contributed by atoms with Crippen LogP contribution in [0.5, 0.6) is 5.88 Å². The van der Waals surface area contributed by atoms with Gasteiger partial charge in [-0.1, -0.05) is 11.3 Å². The van der Waals surface area contributed by atoms with Crippen LogP contribution < -0.4 is 15.0 Å². The van der Waals surface area contributed by atoms with Gasteiger partial charge in [-0.25, -0.2) is 0 Å². The summed E-state index contributed by atoms with van der Waals surface area (Å²) in [6.07, 6.45) is 0.923. The number of nitrogens with one attached hydrogen (secondary N) is 1. The van der Waals surface area contributed by atoms with Crippen molar-refractivity contribution in [3.8, 4) is 5.88 Å². The average Bonchev–Trinajstić information content (AvgIpc) is 2.87. The lowest BCUT2D eigenvalue weighted by molar-refractivity contribution is -0.148. The maximum Gasteiger partial charge on any atom is 0.246 e. The Morgan fingerprint density at radius 3 is 2.81 bits per heavy atom. The van der Waals surface area contributed by atoms with Crippen LogP contribution in [0.3, 0.4) is 0 Å². The van der Waals surface area contributed by atoms with E-state index < -0.39 is 0 Å². The highest BCUT2D eigenvalue weighted by Crippen LogP contribution is 2.30. The van der Waals surface area contributed by atoms with Gasteiger partial charge in [-0.3, -0.25) is 14.5 Å². The number of amides is 2. The predicted molar refractivity (Wildman–Crippen MR) is 80.6 cm³/mol. The molecule has 1 unspecified atom stereocenters. The van der Waals surface area contributed by atoms with Crippen molar-refractivity contribution < 1.29 is 14.3 Å². The van der Waals surface area contributed by atoms with Crippen LogP contribution >= 0.6 is 11.3 Å². The summed E-state index contributed by atoms with van der Waals surface area (Å²) in [6, 6.07) is -0.331. The third kappa shape index (κ3) is 3.33. The Morgan fingerprint density at radius 1 is 1.48 bits per heavy atom. The monoisotopic (exact) mass is 312 g/mol. The first-order valence-electron chi connectivity index (χ1n) is 6.68. The fraction of sp³-hybridized carbons (Fsp3) is 0.615. The largest absolute Gasteiger partial charge is 0.480 e. The summed E-state index contributed by atoms with van der Waals surface area (Å²) in [4.78, 5) is 31.9. The minimum Gasteiger partial charge on any atom is -0.480 e. The lowest BCUT2D eigenvalue weighted by atomic mass is 10.0. The van der Waals surface area contributed by atoms with E-state index in [1.807, 2.05) is 19.0 Å². The third-order valence-electron chi connectivity index (χ3n) is 3.38. The molecule has 0 saturated carbocycles. The standard InChI is InChI=1S/C13H20N4O3S/c1-16(2)13-15-11(20-4)9(21-13)7-14-8-5-6-10(18)17(3)12(8)19/h8,14H,5-7H2,1-4H3. The first-order valence-corrected chi connectivity index (χ1v) is 7.50. The number of rotatable bonds is 5. The Morgan fingerprint density at radius 2 is 2.19 bits per heavy atom. The highest BCUT2D eigenvalue weighted by atomic mass is 32.1. The van der Waals surface area contributed by atoms with Crippen LogP contribution in [-0.2, 0) is 16.1 Å². The summed E-state index contributed by atoms with van der Waals surface area (Å²) in [6.45, 7) is 0.493. The van der Waals surface area contributed by atoms with Crippen LogP contribution in [0.4, 0.5) is 5.13 Å². The van der Waals surface area contributed by atoms with Crippen molar-refractivity contribution in [2.75, 3.05) is 33.2 Å². The van der Waals surface area contributed by atoms with Gasteiger partial charge in [0, 0.05) is 34.1 Å². The van der Waals surface area contributed by atoms with Crippen LogP contribution in [0, 0.1) is 0 Å². The maximum atomic E-state index is 12.0. The number of anilines is 1. The van der Waals surface area contributed by atoms with Crippen LogP contribution in [0.15, 0.2) is 0 Å². The fourth-order valence-electron chi connectivity index (χ4n) is 2.11. The van der Waals surface area contributed by atoms with Gasteiger partial charge in [0.25, 0.3) is 0 Å². The number of nitrogens with zero attached hydrogens (tertiary/aromatic N) is 3. The Balaban J connectivity index is 2.03. The molecule has 1 saturated heterocycles. The number of thiazole rings is 1. The molecular weight excluding hydrogens is 292 g/mol. The number of aromatic nitrogens is 1. The van der Waals surface area contributed by atoms with Crippen molar-refractivity contribution in [2.24, 2.45) is 0 Å². The molecule has 1 atom stereocenters. The molecule has 0 aromatic carbocycles. The van der Waals surface area contributed by atoms with Crippen LogP contribution in [0.2, 0.25) is 0 Å². The molecule has 1 aromatic rings. The molecule has 1 aliphatic rings. The smallest absolute Gasteiger partial charge is 0.246 e. The van der Waals surface area contributed by atoms with E-state index in [1.165, 1.54) is 23.3 Å². The number of carbonyl (C=O) groups is 2. The van der Waals surface area contributed by atoms with Gasteiger partial charge in [-0.15, -0.1) is 0 Å². The van der Waals surface area contributed by atoms with Gasteiger partial charge < -0.3 is 15.0 Å². The van der Waals surface area contributed by atoms with Crippen LogP contribution in [-0.4, -0.2) is 56.0 Å². The molecule has 0 bridgehead atoms. The van der Waals surface area contributed by atoms with Crippen molar-refractivity contribution in [3.05, 3.63) is 4.88 Å². The number of ether oxygens (including phenoxy) is 1. The summed E-state index contributed by atoms with van der Waals surface area (Å²) >= 11 is 1.52. The van der Waals surface area contributed by atoms with Gasteiger partial charge in [0.05, 0.1) is 18.0 Å². The summed E-state index contributed by atoms with van der Waals surface area (Å²) in [5.74, 6) is 0.273. The number of methoxy groups -OCH3 is 1. The summed E-state index contributed by atoms with van der Waals surface area (Å²) in [5.41, 5.74) is 0. The zero-order valence-electron chi connectivity index (χ0n) is 12.7. The first kappa shape index (κ1) is 15.7. The normalized spacial score (nSPS) is 19.0. The van der Waals surface area contributed by atoms with E-state index in [0.717, 1.165) is 10.0 Å². The Kier molecular flexibility index (Phi) is 4.79. The van der Waals surface area contributed by atoms with Crippen molar-refractivity contribution in [2.45, 2.75) is 25.4 Å². The Labute approximate surface area is 127 Å². The van der Waals surface area contributed by atoms with Crippen LogP contribution in [0.25, 0.3) is 0 Å². The van der Waals surface area contributed by atoms with Gasteiger partial charge >= 0.3 is 0 Å². The molecule has 1 N–H and O–H groups in total. The summed E-state index contributed by atoms with van der Waals surface area (Å²) < 4.78 is 5.26. The van der Waals surface area contributed by atoms with E-state index in [9.17, 15) is 9.59 Å². The Bertz CT molecular complexity index is 544. The lowest BCUT2D eigenvalue weighted by Gasteiger charge is -2.28. The van der Waals surface area contributed by atoms with E-state index in [0.29, 0.717) is 25.3 Å². The molecule has 0 aliphatic carbocycles. The fourth-order valence-corrected chi connectivity index (χ4v) is 3.01. The van der Waals surface area contributed by atoms with Gasteiger partial charge in [0.15, 0.2) is 5.13 Å². The average molecular weight is 312 g/mol. The van der Waals surface area contributed by atoms with Crippen molar-refractivity contribution in [1.29, 1.82) is 0 Å². The molecule has 0 spiro atoms. The number of carbonyl (C=O) groups excluding carboxylic acids is 2. The van der Waals surface area contributed by atoms with Gasteiger partial charge in [-0.2, -0.15) is 4.98 Å². The lowest BCUT2D eigenvalue weighted by Crippen LogP contribution is -2.51. The molecule has 8 heteroatoms. The van der Waals surface area contributed by atoms with Gasteiger partial charge in [0.2, 0.25) is 17.7 Å². The van der Waals surface area contributed by atoms with E-state index in [4.69, 9.17) is 4.74 Å². The summed E-state index contributed by atoms with van der Waals surface area (Å²) in [5, 5.41) is 4.05. The Hall–Kier alpha value is -1.67. The molecule has 1 aliphatic heterocycles. The molecule has 2 heterocycles. The van der Waals surface area contributed by atoms with Crippen LogP contribution in [0.1, 0.15) is 17.7 Å². The molecular formula is C13H20N4O3S. The number of hydrogen-bond acceptors (Lipinski definition) is 7. The van der Waals surface area contributed by atoms with Crippen molar-refractivity contribution in [3.63, 3.8) is 0 Å². The molecule has 2 rings (SSSR count). The number of imide groups is 1. The molecule has 0 radical (unpaired) electrons. The second kappa shape index (κ2) is 6.40. The third-order valence-corrected chi connectivity index (χ3v) is 4.59. The quantitative estimate of drug-likeness (QED) is 0.796. The first-order chi connectivity index (χ1) is 9.93. The van der Waals surface area contributed by atoms with E-state index in [1.54, 1.807) is 7.11 Å².